The molecule has 1 fully saturated rings. The molecule has 1 aliphatic rings. The fourth-order valence-corrected chi connectivity index (χ4v) is 8.26. The van der Waals surface area contributed by atoms with Crippen LogP contribution in [0.25, 0.3) is 0 Å². The normalized spacial score (nSPS) is 17.0. The van der Waals surface area contributed by atoms with Crippen molar-refractivity contribution in [1.82, 2.24) is 36.1 Å². The number of imidazole rings is 1. The number of phosphoric ester groups is 1. The molecule has 8 N–H and O–H groups in total. The Balaban J connectivity index is 1.54. The summed E-state index contributed by atoms with van der Waals surface area (Å²) in [4.78, 5) is 98.8. The number of nitrogens with two attached hydrogens (primary N) is 1. The number of carbonyl (C=O) groups is 6. The van der Waals surface area contributed by atoms with E-state index in [0.717, 1.165) is 38.5 Å². The molecule has 1 saturated heterocycles. The molecular weight excluding hydrogens is 864 g/mol. The predicted octanol–water partition coefficient (Wildman–Crippen LogP) is 2.59. The van der Waals surface area contributed by atoms with Gasteiger partial charge in [-0.05, 0) is 63.9 Å². The first-order valence-electron chi connectivity index (χ1n) is 22.5. The van der Waals surface area contributed by atoms with Crippen LogP contribution in [0, 0.1) is 5.92 Å². The van der Waals surface area contributed by atoms with Crippen molar-refractivity contribution in [2.75, 3.05) is 40.1 Å². The molecule has 2 heterocycles. The van der Waals surface area contributed by atoms with Gasteiger partial charge in [-0.2, -0.15) is 0 Å². The maximum Gasteiger partial charge on any atom is 0.472 e. The molecule has 2 unspecified atom stereocenters. The molecule has 0 spiro atoms. The summed E-state index contributed by atoms with van der Waals surface area (Å²) in [5.41, 5.74) is 7.33. The van der Waals surface area contributed by atoms with Crippen molar-refractivity contribution in [2.24, 2.45) is 11.7 Å². The molecule has 3 rings (SSSR count). The minimum absolute atomic E-state index is 0.0609. The second kappa shape index (κ2) is 29.0. The third-order valence-corrected chi connectivity index (χ3v) is 11.9. The number of primary amides is 1. The first-order valence-corrected chi connectivity index (χ1v) is 24.0. The standard InChI is InChI=1S/C44H71N8O12P/c1-30(2)26-35(50-44(58)37-19-15-21-52(37)38(53)20-23-62-25-24-61-5)43(57)49-36(27-34-28-46-29-47-34)42(56)48-31(3)41(55)51-39(40(45)54)32(4)64-65(59,60)63-22-14-9-7-6-8-11-16-33-17-12-10-13-18-33/h10,12-13,17-18,28-32,35-37,39H,6-9,11,14-16,19-27H2,1-5H3,(H2,45,54)(H,46,47)(H,48,56)(H,49,57)(H,50,58)(H,51,55)(H,59,60)/t31-,32+,35-,36-,37?,39-/m0/s1. The van der Waals surface area contributed by atoms with Crippen LogP contribution in [0.1, 0.15) is 103 Å². The van der Waals surface area contributed by atoms with E-state index < -0.39 is 73.7 Å². The molecule has 1 aliphatic heterocycles. The van der Waals surface area contributed by atoms with E-state index in [4.69, 9.17) is 24.3 Å². The molecule has 7 atom stereocenters. The van der Waals surface area contributed by atoms with Gasteiger partial charge in [0.05, 0.1) is 45.3 Å². The van der Waals surface area contributed by atoms with Crippen LogP contribution in [0.4, 0.5) is 0 Å². The van der Waals surface area contributed by atoms with Crippen LogP contribution >= 0.6 is 7.82 Å². The van der Waals surface area contributed by atoms with E-state index in [2.05, 4.69) is 43.4 Å². The van der Waals surface area contributed by atoms with E-state index in [1.165, 1.54) is 36.8 Å². The summed E-state index contributed by atoms with van der Waals surface area (Å²) in [5.74, 6) is -4.23. The van der Waals surface area contributed by atoms with E-state index in [9.17, 15) is 38.2 Å². The number of unbranched alkanes of at least 4 members (excludes halogenated alkanes) is 5. The zero-order valence-electron chi connectivity index (χ0n) is 38.5. The van der Waals surface area contributed by atoms with E-state index in [1.807, 2.05) is 32.0 Å². The summed E-state index contributed by atoms with van der Waals surface area (Å²) >= 11 is 0. The quantitative estimate of drug-likeness (QED) is 0.0411. The monoisotopic (exact) mass is 934 g/mol. The van der Waals surface area contributed by atoms with Gasteiger partial charge < -0.3 is 51.3 Å². The summed E-state index contributed by atoms with van der Waals surface area (Å²) in [6, 6.07) is 4.21. The number of likely N-dealkylation sites (tertiary alicyclic amines) is 1. The van der Waals surface area contributed by atoms with E-state index in [0.29, 0.717) is 44.7 Å². The average molecular weight is 935 g/mol. The molecule has 65 heavy (non-hydrogen) atoms. The molecular formula is C44H71N8O12P. The fourth-order valence-electron chi connectivity index (χ4n) is 7.30. The van der Waals surface area contributed by atoms with Crippen LogP contribution in [-0.2, 0) is 64.7 Å². The first kappa shape index (κ1) is 54.6. The smallest absolute Gasteiger partial charge is 0.382 e. The summed E-state index contributed by atoms with van der Waals surface area (Å²) in [6.07, 6.45) is 9.07. The molecule has 20 nitrogen and oxygen atoms in total. The molecule has 1 aromatic carbocycles. The lowest BCUT2D eigenvalue weighted by Gasteiger charge is -2.28. The zero-order chi connectivity index (χ0) is 47.8. The van der Waals surface area contributed by atoms with Crippen molar-refractivity contribution in [3.05, 3.63) is 54.1 Å². The van der Waals surface area contributed by atoms with Crippen LogP contribution in [0.3, 0.4) is 0 Å². The van der Waals surface area contributed by atoms with Crippen molar-refractivity contribution in [2.45, 2.75) is 141 Å². The SMILES string of the molecule is COCCOCCC(=O)N1CCCC1C(=O)N[C@@H](CC(C)C)C(=O)N[C@@H](Cc1cnc[nH]1)C(=O)N[C@@H](C)C(=O)N[C@H](C(N)=O)[C@@H](C)OP(=O)(O)OCCCCCCCCc1ccccc1. The number of methoxy groups -OCH3 is 1. The largest absolute Gasteiger partial charge is 0.472 e. The van der Waals surface area contributed by atoms with E-state index in [-0.39, 0.29) is 44.3 Å². The van der Waals surface area contributed by atoms with Gasteiger partial charge in [-0.1, -0.05) is 69.9 Å². The average Bonchev–Trinajstić information content (AvgIpc) is 3.97. The Hall–Kier alpha value is -4.72. The first-order chi connectivity index (χ1) is 31.0. The van der Waals surface area contributed by atoms with Gasteiger partial charge in [0.2, 0.25) is 35.4 Å². The van der Waals surface area contributed by atoms with Gasteiger partial charge in [0.25, 0.3) is 0 Å². The van der Waals surface area contributed by atoms with Gasteiger partial charge in [0, 0.05) is 32.0 Å². The van der Waals surface area contributed by atoms with Gasteiger partial charge in [-0.25, -0.2) is 9.55 Å². The second-order valence-corrected chi connectivity index (χ2v) is 18.1. The molecule has 6 amide bonds. The topological polar surface area (TPSA) is 283 Å². The Bertz CT molecular complexity index is 1820. The number of ether oxygens (including phenoxy) is 2. The molecule has 0 radical (unpaired) electrons. The number of amides is 6. The Morgan fingerprint density at radius 1 is 0.877 bits per heavy atom. The number of nitrogens with zero attached hydrogens (tertiary/aromatic N) is 2. The van der Waals surface area contributed by atoms with Crippen molar-refractivity contribution in [3.63, 3.8) is 0 Å². The Morgan fingerprint density at radius 3 is 2.23 bits per heavy atom. The molecule has 21 heteroatoms. The summed E-state index contributed by atoms with van der Waals surface area (Å²) in [7, 11) is -3.12. The Kier molecular flexibility index (Phi) is 24.4. The number of benzene rings is 1. The minimum Gasteiger partial charge on any atom is -0.382 e. The third kappa shape index (κ3) is 20.6. The predicted molar refractivity (Wildman–Crippen MR) is 241 cm³/mol. The highest BCUT2D eigenvalue weighted by Gasteiger charge is 2.38. The van der Waals surface area contributed by atoms with E-state index in [1.54, 1.807) is 7.11 Å². The molecule has 1 aromatic heterocycles. The van der Waals surface area contributed by atoms with Crippen LogP contribution in [0.15, 0.2) is 42.9 Å². The molecule has 0 saturated carbocycles. The highest BCUT2D eigenvalue weighted by molar-refractivity contribution is 7.47. The number of aromatic amines is 1. The Labute approximate surface area is 382 Å². The fraction of sp³-hybridized carbons (Fsp3) is 0.659. The summed E-state index contributed by atoms with van der Waals surface area (Å²) in [6.45, 7) is 7.55. The lowest BCUT2D eigenvalue weighted by atomic mass is 10.0. The maximum atomic E-state index is 13.9. The lowest BCUT2D eigenvalue weighted by Crippen LogP contribution is -2.59. The van der Waals surface area contributed by atoms with Gasteiger partial charge in [0.1, 0.15) is 30.2 Å². The molecule has 0 aliphatic carbocycles. The minimum atomic E-state index is -4.66. The number of phosphoric acid groups is 1. The van der Waals surface area contributed by atoms with Crippen molar-refractivity contribution in [3.8, 4) is 0 Å². The zero-order valence-corrected chi connectivity index (χ0v) is 39.4. The van der Waals surface area contributed by atoms with E-state index >= 15 is 0 Å². The van der Waals surface area contributed by atoms with Crippen molar-refractivity contribution in [1.29, 1.82) is 0 Å². The van der Waals surface area contributed by atoms with Gasteiger partial charge in [0.15, 0.2) is 0 Å². The highest BCUT2D eigenvalue weighted by Crippen LogP contribution is 2.45. The maximum absolute atomic E-state index is 13.9. The number of H-pyrrole nitrogens is 1. The number of aromatic nitrogens is 2. The lowest BCUT2D eigenvalue weighted by molar-refractivity contribution is -0.140. The second-order valence-electron chi connectivity index (χ2n) is 16.7. The van der Waals surface area contributed by atoms with Crippen LogP contribution in [0.5, 0.6) is 0 Å². The number of nitrogens with one attached hydrogen (secondary N) is 5. The number of hydrogen-bond donors (Lipinski definition) is 7. The highest BCUT2D eigenvalue weighted by atomic mass is 31.2. The number of hydrogen-bond acceptors (Lipinski definition) is 12. The number of carbonyl (C=O) groups excluding carboxylic acids is 6. The van der Waals surface area contributed by atoms with Gasteiger partial charge >= 0.3 is 7.82 Å². The molecule has 364 valence electrons. The Morgan fingerprint density at radius 2 is 1.57 bits per heavy atom. The van der Waals surface area contributed by atoms with Crippen LogP contribution in [0.2, 0.25) is 0 Å². The molecule has 0 bridgehead atoms. The van der Waals surface area contributed by atoms with Gasteiger partial charge in [-0.3, -0.25) is 37.8 Å². The van der Waals surface area contributed by atoms with Crippen LogP contribution < -0.4 is 27.0 Å². The summed E-state index contributed by atoms with van der Waals surface area (Å²) < 4.78 is 33.4. The van der Waals surface area contributed by atoms with Crippen molar-refractivity contribution < 1.29 is 56.7 Å². The third-order valence-electron chi connectivity index (χ3n) is 10.8. The number of aryl methyl sites for hydroxylation is 1. The molecule has 2 aromatic rings. The summed E-state index contributed by atoms with van der Waals surface area (Å²) in [5, 5.41) is 10.4. The van der Waals surface area contributed by atoms with Crippen LogP contribution in [-0.4, -0.2) is 132 Å². The number of rotatable bonds is 32. The van der Waals surface area contributed by atoms with Gasteiger partial charge in [-0.15, -0.1) is 0 Å². The van der Waals surface area contributed by atoms with Crippen molar-refractivity contribution >= 4 is 43.3 Å².